The van der Waals surface area contributed by atoms with Crippen LogP contribution in [-0.4, -0.2) is 25.6 Å². The van der Waals surface area contributed by atoms with Crippen molar-refractivity contribution in [2.45, 2.75) is 26.8 Å². The first kappa shape index (κ1) is 10.4. The molecule has 1 unspecified atom stereocenters. The van der Waals surface area contributed by atoms with Gasteiger partial charge in [-0.1, -0.05) is 13.8 Å². The van der Waals surface area contributed by atoms with E-state index in [1.165, 1.54) is 0 Å². The zero-order chi connectivity index (χ0) is 8.85. The van der Waals surface area contributed by atoms with Gasteiger partial charge in [-0.05, 0) is 12.8 Å². The van der Waals surface area contributed by atoms with Crippen molar-refractivity contribution >= 4 is 5.84 Å². The summed E-state index contributed by atoms with van der Waals surface area (Å²) in [5.74, 6) is 1.11. The first-order valence-corrected chi connectivity index (χ1v) is 3.86. The van der Waals surface area contributed by atoms with Crippen LogP contribution in [0.2, 0.25) is 0 Å². The first-order valence-electron chi connectivity index (χ1n) is 3.86. The van der Waals surface area contributed by atoms with Gasteiger partial charge in [0.15, 0.2) is 0 Å². The highest BCUT2D eigenvalue weighted by molar-refractivity contribution is 5.77. The quantitative estimate of drug-likeness (QED) is 0.491. The van der Waals surface area contributed by atoms with Crippen LogP contribution in [0.4, 0.5) is 0 Å². The molecule has 11 heavy (non-hydrogen) atoms. The lowest BCUT2D eigenvalue weighted by atomic mass is 10.1. The standard InChI is InChI=1S/C8H18N2O/c1-6(2)8(5-11-4)10-7(3)9/h6,8H,5H2,1-4H3,(H2,9,10). The Morgan fingerprint density at radius 1 is 1.55 bits per heavy atom. The van der Waals surface area contributed by atoms with Gasteiger partial charge in [-0.2, -0.15) is 0 Å². The van der Waals surface area contributed by atoms with Gasteiger partial charge in [-0.25, -0.2) is 0 Å². The summed E-state index contributed by atoms with van der Waals surface area (Å²) in [5, 5.41) is 0. The summed E-state index contributed by atoms with van der Waals surface area (Å²) in [6, 6.07) is 0.199. The third-order valence-corrected chi connectivity index (χ3v) is 1.48. The summed E-state index contributed by atoms with van der Waals surface area (Å²) in [5.41, 5.74) is 5.46. The normalized spacial score (nSPS) is 15.5. The fraction of sp³-hybridized carbons (Fsp3) is 0.875. The summed E-state index contributed by atoms with van der Waals surface area (Å²) in [6.07, 6.45) is 0. The second kappa shape index (κ2) is 5.13. The number of aliphatic imine (C=N–C) groups is 1. The number of ether oxygens (including phenoxy) is 1. The van der Waals surface area contributed by atoms with E-state index in [9.17, 15) is 0 Å². The van der Waals surface area contributed by atoms with Crippen LogP contribution in [0, 0.1) is 5.92 Å². The lowest BCUT2D eigenvalue weighted by Crippen LogP contribution is -2.22. The molecule has 3 nitrogen and oxygen atoms in total. The van der Waals surface area contributed by atoms with E-state index in [4.69, 9.17) is 10.5 Å². The van der Waals surface area contributed by atoms with E-state index in [1.54, 1.807) is 14.0 Å². The molecule has 1 atom stereocenters. The maximum absolute atomic E-state index is 5.46. The summed E-state index contributed by atoms with van der Waals surface area (Å²) < 4.78 is 5.00. The Kier molecular flexibility index (Phi) is 4.86. The number of hydrogen-bond acceptors (Lipinski definition) is 2. The summed E-state index contributed by atoms with van der Waals surface area (Å²) >= 11 is 0. The van der Waals surface area contributed by atoms with Crippen LogP contribution >= 0.6 is 0 Å². The number of amidine groups is 1. The second-order valence-corrected chi connectivity index (χ2v) is 3.04. The minimum Gasteiger partial charge on any atom is -0.388 e. The monoisotopic (exact) mass is 158 g/mol. The van der Waals surface area contributed by atoms with Crippen LogP contribution in [0.5, 0.6) is 0 Å². The van der Waals surface area contributed by atoms with Crippen molar-refractivity contribution in [2.24, 2.45) is 16.6 Å². The van der Waals surface area contributed by atoms with Crippen LogP contribution in [-0.2, 0) is 4.74 Å². The number of methoxy groups -OCH3 is 1. The largest absolute Gasteiger partial charge is 0.388 e. The van der Waals surface area contributed by atoms with Gasteiger partial charge in [0.1, 0.15) is 0 Å². The lowest BCUT2D eigenvalue weighted by molar-refractivity contribution is 0.165. The van der Waals surface area contributed by atoms with Crippen LogP contribution < -0.4 is 5.73 Å². The first-order chi connectivity index (χ1) is 5.07. The summed E-state index contributed by atoms with van der Waals surface area (Å²) in [4.78, 5) is 4.24. The molecule has 0 aromatic heterocycles. The number of rotatable bonds is 4. The van der Waals surface area contributed by atoms with E-state index in [0.717, 1.165) is 0 Å². The summed E-state index contributed by atoms with van der Waals surface area (Å²) in [7, 11) is 1.68. The van der Waals surface area contributed by atoms with Crippen molar-refractivity contribution in [1.82, 2.24) is 0 Å². The van der Waals surface area contributed by atoms with Crippen molar-refractivity contribution in [3.05, 3.63) is 0 Å². The molecule has 0 aromatic carbocycles. The van der Waals surface area contributed by atoms with Crippen molar-refractivity contribution in [3.63, 3.8) is 0 Å². The molecule has 0 saturated heterocycles. The second-order valence-electron chi connectivity index (χ2n) is 3.04. The highest BCUT2D eigenvalue weighted by Crippen LogP contribution is 2.06. The maximum atomic E-state index is 5.46. The molecule has 0 rings (SSSR count). The molecule has 0 aromatic rings. The third-order valence-electron chi connectivity index (χ3n) is 1.48. The van der Waals surface area contributed by atoms with Crippen molar-refractivity contribution in [3.8, 4) is 0 Å². The highest BCUT2D eigenvalue weighted by atomic mass is 16.5. The smallest absolute Gasteiger partial charge is 0.0910 e. The van der Waals surface area contributed by atoms with E-state index in [2.05, 4.69) is 18.8 Å². The molecule has 0 aliphatic rings. The SMILES string of the molecule is COCC(N=C(C)N)C(C)C. The van der Waals surface area contributed by atoms with Gasteiger partial charge in [0.05, 0.1) is 18.5 Å². The van der Waals surface area contributed by atoms with E-state index in [-0.39, 0.29) is 6.04 Å². The topological polar surface area (TPSA) is 47.6 Å². The molecule has 0 amide bonds. The Morgan fingerprint density at radius 2 is 2.09 bits per heavy atom. The molecule has 0 saturated carbocycles. The zero-order valence-electron chi connectivity index (χ0n) is 7.79. The minimum atomic E-state index is 0.199. The minimum absolute atomic E-state index is 0.199. The molecular weight excluding hydrogens is 140 g/mol. The van der Waals surface area contributed by atoms with Gasteiger partial charge in [0.2, 0.25) is 0 Å². The van der Waals surface area contributed by atoms with Crippen molar-refractivity contribution < 1.29 is 4.74 Å². The highest BCUT2D eigenvalue weighted by Gasteiger charge is 2.10. The number of nitrogens with two attached hydrogens (primary N) is 1. The molecule has 0 aliphatic carbocycles. The Labute approximate surface area is 68.6 Å². The third kappa shape index (κ3) is 4.79. The van der Waals surface area contributed by atoms with E-state index in [1.807, 2.05) is 0 Å². The Bertz CT molecular complexity index is 128. The average molecular weight is 158 g/mol. The molecule has 0 bridgehead atoms. The van der Waals surface area contributed by atoms with Gasteiger partial charge in [-0.15, -0.1) is 0 Å². The van der Waals surface area contributed by atoms with Crippen molar-refractivity contribution in [2.75, 3.05) is 13.7 Å². The fourth-order valence-electron chi connectivity index (χ4n) is 0.811. The number of hydrogen-bond donors (Lipinski definition) is 1. The predicted molar refractivity (Wildman–Crippen MR) is 47.8 cm³/mol. The Morgan fingerprint density at radius 3 is 2.36 bits per heavy atom. The predicted octanol–water partition coefficient (Wildman–Crippen LogP) is 1.03. The average Bonchev–Trinajstić information content (AvgIpc) is 1.86. The maximum Gasteiger partial charge on any atom is 0.0910 e. The Balaban J connectivity index is 4.00. The van der Waals surface area contributed by atoms with Gasteiger partial charge < -0.3 is 10.5 Å². The van der Waals surface area contributed by atoms with Gasteiger partial charge in [0.25, 0.3) is 0 Å². The van der Waals surface area contributed by atoms with E-state index in [0.29, 0.717) is 18.4 Å². The molecule has 0 aliphatic heterocycles. The van der Waals surface area contributed by atoms with E-state index < -0.39 is 0 Å². The molecular formula is C8H18N2O. The van der Waals surface area contributed by atoms with Crippen LogP contribution in [0.15, 0.2) is 4.99 Å². The molecule has 3 heteroatoms. The van der Waals surface area contributed by atoms with Crippen LogP contribution in [0.25, 0.3) is 0 Å². The molecule has 2 N–H and O–H groups in total. The van der Waals surface area contributed by atoms with Gasteiger partial charge in [-0.3, -0.25) is 4.99 Å². The van der Waals surface area contributed by atoms with Gasteiger partial charge >= 0.3 is 0 Å². The number of nitrogens with zero attached hydrogens (tertiary/aromatic N) is 1. The molecule has 0 radical (unpaired) electrons. The fourth-order valence-corrected chi connectivity index (χ4v) is 0.811. The summed E-state index contributed by atoms with van der Waals surface area (Å²) in [6.45, 7) is 6.66. The molecule has 0 spiro atoms. The van der Waals surface area contributed by atoms with Gasteiger partial charge in [0, 0.05) is 7.11 Å². The molecule has 0 heterocycles. The molecule has 0 fully saturated rings. The van der Waals surface area contributed by atoms with Crippen molar-refractivity contribution in [1.29, 1.82) is 0 Å². The Hall–Kier alpha value is -0.570. The van der Waals surface area contributed by atoms with Crippen LogP contribution in [0.3, 0.4) is 0 Å². The molecule has 66 valence electrons. The van der Waals surface area contributed by atoms with Crippen LogP contribution in [0.1, 0.15) is 20.8 Å². The zero-order valence-corrected chi connectivity index (χ0v) is 7.79. The van der Waals surface area contributed by atoms with E-state index >= 15 is 0 Å². The lowest BCUT2D eigenvalue weighted by Gasteiger charge is -2.15.